The van der Waals surface area contributed by atoms with Crippen molar-refractivity contribution in [1.82, 2.24) is 25.2 Å². The summed E-state index contributed by atoms with van der Waals surface area (Å²) in [5.74, 6) is -0.213. The number of nitrogens with zero attached hydrogens (tertiary/aromatic N) is 5. The summed E-state index contributed by atoms with van der Waals surface area (Å²) in [5.41, 5.74) is 4.83. The molecule has 0 unspecified atom stereocenters. The second-order valence-corrected chi connectivity index (χ2v) is 7.60. The van der Waals surface area contributed by atoms with Gasteiger partial charge in [-0.15, -0.1) is 16.4 Å². The van der Waals surface area contributed by atoms with Gasteiger partial charge in [-0.25, -0.2) is 9.67 Å². The normalized spacial score (nSPS) is 10.7. The van der Waals surface area contributed by atoms with Gasteiger partial charge < -0.3 is 5.32 Å². The van der Waals surface area contributed by atoms with Gasteiger partial charge >= 0.3 is 0 Å². The van der Waals surface area contributed by atoms with Crippen LogP contribution in [0.25, 0.3) is 27.5 Å². The fraction of sp³-hybridized carbons (Fsp3) is 0. The van der Waals surface area contributed by atoms with Crippen LogP contribution in [-0.4, -0.2) is 31.1 Å². The lowest BCUT2D eigenvalue weighted by Gasteiger charge is -2.08. The fourth-order valence-electron chi connectivity index (χ4n) is 3.15. The predicted octanol–water partition coefficient (Wildman–Crippen LogP) is 4.71. The molecular formula is C23H16N6OS. The van der Waals surface area contributed by atoms with E-state index in [4.69, 9.17) is 4.98 Å². The second kappa shape index (κ2) is 8.29. The molecule has 0 aliphatic carbocycles. The maximum atomic E-state index is 12.8. The summed E-state index contributed by atoms with van der Waals surface area (Å²) in [6.45, 7) is 0. The van der Waals surface area contributed by atoms with E-state index in [2.05, 4.69) is 20.8 Å². The Morgan fingerprint density at radius 2 is 1.74 bits per heavy atom. The number of tetrazole rings is 1. The third-order valence-corrected chi connectivity index (χ3v) is 5.55. The van der Waals surface area contributed by atoms with Crippen LogP contribution in [0.1, 0.15) is 10.4 Å². The Bertz CT molecular complexity index is 1330. The Kier molecular flexibility index (Phi) is 5.04. The summed E-state index contributed by atoms with van der Waals surface area (Å²) < 4.78 is 1.50. The summed E-state index contributed by atoms with van der Waals surface area (Å²) in [6, 6.07) is 24.9. The third-order valence-electron chi connectivity index (χ3n) is 4.66. The molecular weight excluding hydrogens is 408 g/mol. The second-order valence-electron chi connectivity index (χ2n) is 6.74. The van der Waals surface area contributed by atoms with Crippen LogP contribution in [0.3, 0.4) is 0 Å². The standard InChI is InChI=1S/C23H16N6OS/c30-22(18-9-5-11-20(13-18)29-15-24-27-28-29)25-19-10-4-8-17(12-19)21-14-31-23(26-21)16-6-2-1-3-7-16/h1-15H,(H,25,30). The lowest BCUT2D eigenvalue weighted by atomic mass is 10.1. The first kappa shape index (κ1) is 18.8. The molecule has 0 saturated heterocycles. The van der Waals surface area contributed by atoms with Crippen molar-refractivity contribution in [3.63, 3.8) is 0 Å². The van der Waals surface area contributed by atoms with Gasteiger partial charge in [0.1, 0.15) is 11.3 Å². The number of carbonyl (C=O) groups excluding carboxylic acids is 1. The number of rotatable bonds is 5. The minimum absolute atomic E-state index is 0.213. The number of hydrogen-bond acceptors (Lipinski definition) is 6. The Morgan fingerprint density at radius 1 is 0.903 bits per heavy atom. The van der Waals surface area contributed by atoms with E-state index in [0.29, 0.717) is 16.9 Å². The first-order chi connectivity index (χ1) is 15.3. The van der Waals surface area contributed by atoms with Crippen LogP contribution in [0, 0.1) is 0 Å². The van der Waals surface area contributed by atoms with Crippen LogP contribution >= 0.6 is 11.3 Å². The molecule has 150 valence electrons. The zero-order valence-corrected chi connectivity index (χ0v) is 17.0. The van der Waals surface area contributed by atoms with Gasteiger partial charge in [-0.3, -0.25) is 4.79 Å². The molecule has 7 nitrogen and oxygen atoms in total. The van der Waals surface area contributed by atoms with Crippen LogP contribution in [0.2, 0.25) is 0 Å². The number of carbonyl (C=O) groups is 1. The Morgan fingerprint density at radius 3 is 2.58 bits per heavy atom. The average Bonchev–Trinajstić information content (AvgIpc) is 3.53. The molecule has 2 heterocycles. The highest BCUT2D eigenvalue weighted by molar-refractivity contribution is 7.13. The molecule has 1 N–H and O–H groups in total. The van der Waals surface area contributed by atoms with Crippen LogP contribution in [-0.2, 0) is 0 Å². The lowest BCUT2D eigenvalue weighted by Crippen LogP contribution is -2.12. The number of anilines is 1. The minimum atomic E-state index is -0.213. The molecule has 0 radical (unpaired) electrons. The van der Waals surface area contributed by atoms with Gasteiger partial charge in [0.05, 0.1) is 11.4 Å². The van der Waals surface area contributed by atoms with Crippen molar-refractivity contribution >= 4 is 22.9 Å². The SMILES string of the molecule is O=C(Nc1cccc(-c2csc(-c3ccccc3)n2)c1)c1cccc(-n2cnnn2)c1. The molecule has 5 rings (SSSR count). The summed E-state index contributed by atoms with van der Waals surface area (Å²) in [6.07, 6.45) is 1.48. The van der Waals surface area contributed by atoms with E-state index < -0.39 is 0 Å². The lowest BCUT2D eigenvalue weighted by molar-refractivity contribution is 0.102. The van der Waals surface area contributed by atoms with Crippen molar-refractivity contribution in [3.05, 3.63) is 96.1 Å². The first-order valence-electron chi connectivity index (χ1n) is 9.52. The smallest absolute Gasteiger partial charge is 0.255 e. The van der Waals surface area contributed by atoms with Gasteiger partial charge in [-0.1, -0.05) is 48.5 Å². The van der Waals surface area contributed by atoms with Gasteiger partial charge in [0, 0.05) is 27.8 Å². The van der Waals surface area contributed by atoms with Crippen molar-refractivity contribution in [1.29, 1.82) is 0 Å². The van der Waals surface area contributed by atoms with Crippen LogP contribution in [0.15, 0.2) is 90.6 Å². The van der Waals surface area contributed by atoms with Gasteiger partial charge in [-0.05, 0) is 40.8 Å². The minimum Gasteiger partial charge on any atom is -0.322 e. The number of aromatic nitrogens is 5. The Hall–Kier alpha value is -4.17. The van der Waals surface area contributed by atoms with E-state index in [0.717, 1.165) is 21.8 Å². The third kappa shape index (κ3) is 4.10. The van der Waals surface area contributed by atoms with E-state index in [1.165, 1.54) is 11.0 Å². The zero-order valence-electron chi connectivity index (χ0n) is 16.2. The summed E-state index contributed by atoms with van der Waals surface area (Å²) in [7, 11) is 0. The maximum absolute atomic E-state index is 12.8. The van der Waals surface area contributed by atoms with Crippen LogP contribution in [0.4, 0.5) is 5.69 Å². The fourth-order valence-corrected chi connectivity index (χ4v) is 3.98. The summed E-state index contributed by atoms with van der Waals surface area (Å²) >= 11 is 1.60. The highest BCUT2D eigenvalue weighted by Crippen LogP contribution is 2.30. The Labute approximate surface area is 182 Å². The number of hydrogen-bond donors (Lipinski definition) is 1. The van der Waals surface area contributed by atoms with E-state index in [9.17, 15) is 4.79 Å². The number of amides is 1. The first-order valence-corrected chi connectivity index (χ1v) is 10.4. The van der Waals surface area contributed by atoms with Crippen molar-refractivity contribution in [2.75, 3.05) is 5.32 Å². The van der Waals surface area contributed by atoms with Gasteiger partial charge in [-0.2, -0.15) is 0 Å². The Balaban J connectivity index is 1.36. The van der Waals surface area contributed by atoms with Crippen LogP contribution < -0.4 is 5.32 Å². The van der Waals surface area contributed by atoms with Gasteiger partial charge in [0.15, 0.2) is 0 Å². The van der Waals surface area contributed by atoms with E-state index in [1.807, 2.05) is 66.0 Å². The molecule has 0 atom stereocenters. The number of thiazole rings is 1. The van der Waals surface area contributed by atoms with E-state index in [1.54, 1.807) is 29.5 Å². The van der Waals surface area contributed by atoms with Crippen molar-refractivity contribution in [2.24, 2.45) is 0 Å². The molecule has 0 spiro atoms. The molecule has 1 amide bonds. The topological polar surface area (TPSA) is 85.6 Å². The quantitative estimate of drug-likeness (QED) is 0.442. The molecule has 8 heteroatoms. The number of nitrogens with one attached hydrogen (secondary N) is 1. The largest absolute Gasteiger partial charge is 0.322 e. The highest BCUT2D eigenvalue weighted by atomic mass is 32.1. The molecule has 0 bridgehead atoms. The molecule has 0 saturated carbocycles. The van der Waals surface area contributed by atoms with Crippen molar-refractivity contribution in [3.8, 4) is 27.5 Å². The van der Waals surface area contributed by atoms with Crippen molar-refractivity contribution < 1.29 is 4.79 Å². The molecule has 0 fully saturated rings. The summed E-state index contributed by atoms with van der Waals surface area (Å²) in [5, 5.41) is 17.1. The van der Waals surface area contributed by atoms with Crippen molar-refractivity contribution in [2.45, 2.75) is 0 Å². The van der Waals surface area contributed by atoms with Gasteiger partial charge in [0.2, 0.25) is 0 Å². The van der Waals surface area contributed by atoms with Gasteiger partial charge in [0.25, 0.3) is 5.91 Å². The molecule has 5 aromatic rings. The summed E-state index contributed by atoms with van der Waals surface area (Å²) in [4.78, 5) is 17.5. The predicted molar refractivity (Wildman–Crippen MR) is 120 cm³/mol. The number of benzene rings is 3. The van der Waals surface area contributed by atoms with E-state index >= 15 is 0 Å². The molecule has 3 aromatic carbocycles. The maximum Gasteiger partial charge on any atom is 0.255 e. The van der Waals surface area contributed by atoms with E-state index in [-0.39, 0.29) is 5.91 Å². The zero-order chi connectivity index (χ0) is 21.0. The monoisotopic (exact) mass is 424 g/mol. The highest BCUT2D eigenvalue weighted by Gasteiger charge is 2.11. The molecule has 31 heavy (non-hydrogen) atoms. The van der Waals surface area contributed by atoms with Crippen LogP contribution in [0.5, 0.6) is 0 Å². The average molecular weight is 424 g/mol. The molecule has 0 aliphatic heterocycles. The molecule has 0 aliphatic rings. The molecule has 2 aromatic heterocycles.